The fourth-order valence-electron chi connectivity index (χ4n) is 4.37. The van der Waals surface area contributed by atoms with E-state index in [9.17, 15) is 9.59 Å². The van der Waals surface area contributed by atoms with Crippen LogP contribution in [-0.4, -0.2) is 53.2 Å². The average molecular weight is 592 g/mol. The van der Waals surface area contributed by atoms with E-state index in [4.69, 9.17) is 49.3 Å². The largest absolute Gasteiger partial charge is 0.481 e. The van der Waals surface area contributed by atoms with E-state index in [-0.39, 0.29) is 23.6 Å². The fraction of sp³-hybridized carbons (Fsp3) is 0.357. The van der Waals surface area contributed by atoms with Gasteiger partial charge in [-0.3, -0.25) is 4.79 Å². The number of aromatic nitrogens is 2. The Morgan fingerprint density at radius 3 is 2.59 bits per heavy atom. The van der Waals surface area contributed by atoms with Crippen molar-refractivity contribution in [3.05, 3.63) is 63.4 Å². The summed E-state index contributed by atoms with van der Waals surface area (Å²) in [6.45, 7) is 2.89. The van der Waals surface area contributed by atoms with Crippen molar-refractivity contribution < 1.29 is 19.1 Å². The van der Waals surface area contributed by atoms with Gasteiger partial charge in [-0.15, -0.1) is 0 Å². The van der Waals surface area contributed by atoms with Gasteiger partial charge in [0.15, 0.2) is 0 Å². The van der Waals surface area contributed by atoms with E-state index >= 15 is 0 Å². The van der Waals surface area contributed by atoms with Gasteiger partial charge in [0.1, 0.15) is 5.15 Å². The van der Waals surface area contributed by atoms with E-state index in [1.807, 2.05) is 37.3 Å². The third kappa shape index (κ3) is 6.93. The molecule has 0 aliphatic carbocycles. The minimum Gasteiger partial charge on any atom is -0.481 e. The van der Waals surface area contributed by atoms with E-state index < -0.39 is 6.09 Å². The number of amides is 2. The van der Waals surface area contributed by atoms with Crippen LogP contribution in [0.15, 0.2) is 42.6 Å². The zero-order valence-electron chi connectivity index (χ0n) is 21.7. The number of halogens is 3. The molecule has 0 radical (unpaired) electrons. The van der Waals surface area contributed by atoms with Crippen LogP contribution >= 0.6 is 34.8 Å². The van der Waals surface area contributed by atoms with E-state index in [2.05, 4.69) is 10.3 Å². The van der Waals surface area contributed by atoms with Gasteiger partial charge < -0.3 is 19.7 Å². The van der Waals surface area contributed by atoms with Crippen LogP contribution in [0, 0.1) is 0 Å². The first kappa shape index (κ1) is 28.9. The molecule has 4 rings (SSSR count). The van der Waals surface area contributed by atoms with Crippen LogP contribution in [0.2, 0.25) is 15.2 Å². The van der Waals surface area contributed by atoms with Gasteiger partial charge in [-0.1, -0.05) is 66.3 Å². The van der Waals surface area contributed by atoms with Crippen molar-refractivity contribution in [2.75, 3.05) is 20.3 Å². The Morgan fingerprint density at radius 2 is 1.87 bits per heavy atom. The lowest BCUT2D eigenvalue weighted by Gasteiger charge is -2.26. The van der Waals surface area contributed by atoms with Gasteiger partial charge in [0.2, 0.25) is 11.8 Å². The quantitative estimate of drug-likeness (QED) is 0.206. The van der Waals surface area contributed by atoms with Crippen molar-refractivity contribution >= 4 is 46.8 Å². The van der Waals surface area contributed by atoms with Crippen molar-refractivity contribution in [3.8, 4) is 28.3 Å². The number of benzene rings is 1. The van der Waals surface area contributed by atoms with E-state index in [1.165, 1.54) is 7.11 Å². The Balaban J connectivity index is 1.62. The highest BCUT2D eigenvalue weighted by Crippen LogP contribution is 2.40. The Morgan fingerprint density at radius 1 is 1.10 bits per heavy atom. The molecular weight excluding hydrogens is 563 g/mol. The third-order valence-corrected chi connectivity index (χ3v) is 7.59. The highest BCUT2D eigenvalue weighted by molar-refractivity contribution is 6.43. The molecule has 206 valence electrons. The number of hydrogen-bond donors (Lipinski definition) is 1. The van der Waals surface area contributed by atoms with E-state index in [1.54, 1.807) is 17.2 Å². The van der Waals surface area contributed by atoms with Crippen LogP contribution in [0.4, 0.5) is 4.79 Å². The zero-order chi connectivity index (χ0) is 27.9. The Kier molecular flexibility index (Phi) is 9.88. The number of nitrogens with zero attached hydrogens (tertiary/aromatic N) is 3. The number of pyridine rings is 2. The molecule has 0 saturated carbocycles. The minimum atomic E-state index is -0.445. The number of nitrogens with one attached hydrogen (secondary N) is 1. The lowest BCUT2D eigenvalue weighted by atomic mass is 10.0. The number of unbranched alkanes of at least 4 members (excludes halogenated alkanes) is 1. The maximum atomic E-state index is 12.9. The van der Waals surface area contributed by atoms with Crippen LogP contribution < -0.4 is 10.1 Å². The molecule has 11 heteroatoms. The Labute approximate surface area is 242 Å². The summed E-state index contributed by atoms with van der Waals surface area (Å²) in [4.78, 5) is 34.9. The summed E-state index contributed by atoms with van der Waals surface area (Å²) in [6.07, 6.45) is 3.91. The first-order chi connectivity index (χ1) is 18.8. The monoisotopic (exact) mass is 590 g/mol. The van der Waals surface area contributed by atoms with Crippen LogP contribution in [0.1, 0.15) is 38.2 Å². The van der Waals surface area contributed by atoms with Gasteiger partial charge in [-0.2, -0.15) is 0 Å². The molecule has 1 aliphatic rings. The Hall–Kier alpha value is -3.07. The van der Waals surface area contributed by atoms with Gasteiger partial charge in [0, 0.05) is 47.5 Å². The normalized spacial score (nSPS) is 14.7. The van der Waals surface area contributed by atoms with Gasteiger partial charge in [0.05, 0.1) is 36.0 Å². The van der Waals surface area contributed by atoms with Crippen molar-refractivity contribution in [3.63, 3.8) is 0 Å². The summed E-state index contributed by atoms with van der Waals surface area (Å²) in [7, 11) is 1.52. The summed E-state index contributed by atoms with van der Waals surface area (Å²) < 4.78 is 11.1. The van der Waals surface area contributed by atoms with Crippen LogP contribution in [-0.2, 0) is 16.1 Å². The molecule has 39 heavy (non-hydrogen) atoms. The number of ether oxygens (including phenoxy) is 2. The standard InChI is InChI=1S/C28H29Cl3N4O4/c1-3-4-14-39-28(37)35(16-18-9-11-23(36)33-18)15-17-8-10-22(34-27(17)38-2)21-7-5-6-19(24(21)29)20-12-13-32-26(31)25(20)30/h5-8,10,12-13,18H,3-4,9,11,14-16H2,1-2H3,(H,33,36). The number of rotatable bonds is 10. The average Bonchev–Trinajstić information content (AvgIpc) is 3.35. The van der Waals surface area contributed by atoms with Crippen molar-refractivity contribution in [2.24, 2.45) is 0 Å². The van der Waals surface area contributed by atoms with Crippen molar-refractivity contribution in [2.45, 2.75) is 45.2 Å². The van der Waals surface area contributed by atoms with Gasteiger partial charge in [-0.05, 0) is 31.0 Å². The van der Waals surface area contributed by atoms with Crippen LogP contribution in [0.5, 0.6) is 5.88 Å². The first-order valence-corrected chi connectivity index (χ1v) is 13.8. The SMILES string of the molecule is CCCCOC(=O)N(Cc1ccc(-c2cccc(-c3ccnc(Cl)c3Cl)c2Cl)nc1OC)CC1CCC(=O)N1. The summed E-state index contributed by atoms with van der Waals surface area (Å²) in [5.41, 5.74) is 3.29. The molecule has 3 aromatic rings. The van der Waals surface area contributed by atoms with Crippen LogP contribution in [0.3, 0.4) is 0 Å². The molecule has 1 atom stereocenters. The topological polar surface area (TPSA) is 93.7 Å². The van der Waals surface area contributed by atoms with Gasteiger partial charge in [-0.25, -0.2) is 14.8 Å². The molecule has 8 nitrogen and oxygen atoms in total. The summed E-state index contributed by atoms with van der Waals surface area (Å²) in [6, 6.07) is 10.8. The highest BCUT2D eigenvalue weighted by atomic mass is 35.5. The maximum Gasteiger partial charge on any atom is 0.410 e. The minimum absolute atomic E-state index is 0.0164. The molecule has 3 heterocycles. The zero-order valence-corrected chi connectivity index (χ0v) is 23.9. The lowest BCUT2D eigenvalue weighted by Crippen LogP contribution is -2.42. The molecule has 2 aromatic heterocycles. The number of carbonyl (C=O) groups excluding carboxylic acids is 2. The van der Waals surface area contributed by atoms with E-state index in [0.29, 0.717) is 69.9 Å². The predicted octanol–water partition coefficient (Wildman–Crippen LogP) is 6.80. The first-order valence-electron chi connectivity index (χ1n) is 12.7. The second kappa shape index (κ2) is 13.3. The van der Waals surface area contributed by atoms with E-state index in [0.717, 1.165) is 12.8 Å². The number of methoxy groups -OCH3 is 1. The van der Waals surface area contributed by atoms with Crippen LogP contribution in [0.25, 0.3) is 22.4 Å². The summed E-state index contributed by atoms with van der Waals surface area (Å²) in [5.74, 6) is 0.332. The van der Waals surface area contributed by atoms with Gasteiger partial charge in [0.25, 0.3) is 0 Å². The molecule has 1 fully saturated rings. The molecule has 1 saturated heterocycles. The number of hydrogen-bond acceptors (Lipinski definition) is 6. The molecule has 1 N–H and O–H groups in total. The molecule has 1 aliphatic heterocycles. The van der Waals surface area contributed by atoms with Gasteiger partial charge >= 0.3 is 6.09 Å². The Bertz CT molecular complexity index is 1350. The predicted molar refractivity (Wildman–Crippen MR) is 152 cm³/mol. The number of carbonyl (C=O) groups is 2. The molecule has 1 aromatic carbocycles. The lowest BCUT2D eigenvalue weighted by molar-refractivity contribution is -0.119. The molecule has 0 spiro atoms. The maximum absolute atomic E-state index is 12.9. The molecular formula is C28H29Cl3N4O4. The molecule has 0 bridgehead atoms. The second-order valence-electron chi connectivity index (χ2n) is 9.15. The van der Waals surface area contributed by atoms with Crippen molar-refractivity contribution in [1.29, 1.82) is 0 Å². The highest BCUT2D eigenvalue weighted by Gasteiger charge is 2.27. The second-order valence-corrected chi connectivity index (χ2v) is 10.3. The summed E-state index contributed by atoms with van der Waals surface area (Å²) in [5, 5.41) is 3.86. The van der Waals surface area contributed by atoms with Crippen molar-refractivity contribution in [1.82, 2.24) is 20.2 Å². The molecule has 2 amide bonds. The smallest absolute Gasteiger partial charge is 0.410 e. The summed E-state index contributed by atoms with van der Waals surface area (Å²) >= 11 is 19.3. The third-order valence-electron chi connectivity index (χ3n) is 6.41. The fourth-order valence-corrected chi connectivity index (χ4v) is 5.06. The molecule has 1 unspecified atom stereocenters.